The fourth-order valence-electron chi connectivity index (χ4n) is 3.48. The van der Waals surface area contributed by atoms with Gasteiger partial charge in [-0.3, -0.25) is 14.5 Å². The van der Waals surface area contributed by atoms with Gasteiger partial charge < -0.3 is 10.4 Å². The van der Waals surface area contributed by atoms with Crippen LogP contribution in [0.25, 0.3) is 0 Å². The number of nitrogens with zero attached hydrogens (tertiary/aromatic N) is 1. The van der Waals surface area contributed by atoms with E-state index in [1.54, 1.807) is 0 Å². The van der Waals surface area contributed by atoms with Gasteiger partial charge in [0.1, 0.15) is 0 Å². The summed E-state index contributed by atoms with van der Waals surface area (Å²) in [6.45, 7) is 10.2. The van der Waals surface area contributed by atoms with Gasteiger partial charge in [0.05, 0.1) is 18.5 Å². The molecule has 0 spiro atoms. The quantitative estimate of drug-likeness (QED) is 0.782. The molecule has 5 heteroatoms. The molecule has 0 aliphatic carbocycles. The fourth-order valence-corrected chi connectivity index (χ4v) is 3.48. The van der Waals surface area contributed by atoms with Crippen LogP contribution in [-0.2, 0) is 9.59 Å². The molecular formula is C21H32N2O3. The van der Waals surface area contributed by atoms with Crippen molar-refractivity contribution in [1.29, 1.82) is 0 Å². The predicted octanol–water partition coefficient (Wildman–Crippen LogP) is 3.42. The fraction of sp³-hybridized carbons (Fsp3) is 0.619. The molecule has 1 aliphatic heterocycles. The third-order valence-electron chi connectivity index (χ3n) is 5.25. The Labute approximate surface area is 156 Å². The summed E-state index contributed by atoms with van der Waals surface area (Å²) in [5, 5.41) is 12.2. The molecule has 1 amide bonds. The number of piperidine rings is 1. The van der Waals surface area contributed by atoms with Gasteiger partial charge >= 0.3 is 5.97 Å². The van der Waals surface area contributed by atoms with E-state index in [4.69, 9.17) is 5.11 Å². The van der Waals surface area contributed by atoms with Gasteiger partial charge in [-0.05, 0) is 48.9 Å². The van der Waals surface area contributed by atoms with Crippen molar-refractivity contribution in [2.45, 2.75) is 52.5 Å². The Morgan fingerprint density at radius 1 is 1.08 bits per heavy atom. The first kappa shape index (κ1) is 20.4. The van der Waals surface area contributed by atoms with Crippen LogP contribution in [0.15, 0.2) is 24.3 Å². The molecule has 1 fully saturated rings. The summed E-state index contributed by atoms with van der Waals surface area (Å²) in [6, 6.07) is 8.48. The van der Waals surface area contributed by atoms with Crippen LogP contribution in [-0.4, -0.2) is 41.5 Å². The maximum absolute atomic E-state index is 12.5. The molecule has 1 aromatic carbocycles. The molecular weight excluding hydrogens is 328 g/mol. The highest BCUT2D eigenvalue weighted by Gasteiger charge is 2.26. The lowest BCUT2D eigenvalue weighted by Crippen LogP contribution is -2.44. The average molecular weight is 360 g/mol. The standard InChI is InChI=1S/C21H32N2O3/c1-14(2)16-5-7-17(8-6-16)20(15(3)4)22-19(24)13-23-11-9-18(10-12-23)21(25)26/h5-8,14-15,18,20H,9-13H2,1-4H3,(H,22,24)(H,25,26). The van der Waals surface area contributed by atoms with E-state index < -0.39 is 5.97 Å². The number of carbonyl (C=O) groups is 2. The number of rotatable bonds is 7. The molecule has 1 aliphatic rings. The second kappa shape index (κ2) is 9.17. The van der Waals surface area contributed by atoms with E-state index in [2.05, 4.69) is 57.3 Å². The molecule has 0 bridgehead atoms. The molecule has 2 N–H and O–H groups in total. The van der Waals surface area contributed by atoms with E-state index in [1.807, 2.05) is 4.90 Å². The number of benzene rings is 1. The van der Waals surface area contributed by atoms with Gasteiger partial charge in [0.25, 0.3) is 0 Å². The Hall–Kier alpha value is -1.88. The summed E-state index contributed by atoms with van der Waals surface area (Å²) < 4.78 is 0. The monoisotopic (exact) mass is 360 g/mol. The molecule has 1 aromatic rings. The molecule has 1 heterocycles. The van der Waals surface area contributed by atoms with Crippen molar-refractivity contribution in [2.24, 2.45) is 11.8 Å². The summed E-state index contributed by atoms with van der Waals surface area (Å²) in [4.78, 5) is 25.6. The number of carbonyl (C=O) groups excluding carboxylic acids is 1. The zero-order valence-corrected chi connectivity index (χ0v) is 16.4. The van der Waals surface area contributed by atoms with Crippen molar-refractivity contribution in [3.8, 4) is 0 Å². The normalized spacial score (nSPS) is 17.5. The SMILES string of the molecule is CC(C)c1ccc(C(NC(=O)CN2CCC(C(=O)O)CC2)C(C)C)cc1. The lowest BCUT2D eigenvalue weighted by molar-refractivity contribution is -0.143. The van der Waals surface area contributed by atoms with Gasteiger partial charge in [-0.15, -0.1) is 0 Å². The van der Waals surface area contributed by atoms with Crippen molar-refractivity contribution in [2.75, 3.05) is 19.6 Å². The minimum Gasteiger partial charge on any atom is -0.481 e. The number of aliphatic carboxylic acids is 1. The van der Waals surface area contributed by atoms with E-state index in [0.29, 0.717) is 44.3 Å². The summed E-state index contributed by atoms with van der Waals surface area (Å²) in [5.74, 6) is -0.201. The number of amides is 1. The highest BCUT2D eigenvalue weighted by Crippen LogP contribution is 2.24. The Balaban J connectivity index is 1.93. The Morgan fingerprint density at radius 3 is 2.08 bits per heavy atom. The van der Waals surface area contributed by atoms with Crippen LogP contribution in [0.4, 0.5) is 0 Å². The molecule has 1 atom stereocenters. The second-order valence-corrected chi connectivity index (χ2v) is 8.00. The van der Waals surface area contributed by atoms with E-state index in [-0.39, 0.29) is 17.9 Å². The highest BCUT2D eigenvalue weighted by molar-refractivity contribution is 5.78. The van der Waals surface area contributed by atoms with E-state index in [1.165, 1.54) is 5.56 Å². The first-order valence-electron chi connectivity index (χ1n) is 9.62. The first-order chi connectivity index (χ1) is 12.3. The maximum atomic E-state index is 12.5. The third-order valence-corrected chi connectivity index (χ3v) is 5.25. The molecule has 5 nitrogen and oxygen atoms in total. The maximum Gasteiger partial charge on any atom is 0.306 e. The minimum atomic E-state index is -0.723. The number of carboxylic acids is 1. The van der Waals surface area contributed by atoms with Crippen LogP contribution in [0.5, 0.6) is 0 Å². The van der Waals surface area contributed by atoms with Crippen molar-refractivity contribution in [3.63, 3.8) is 0 Å². The molecule has 1 unspecified atom stereocenters. The summed E-state index contributed by atoms with van der Waals surface area (Å²) >= 11 is 0. The van der Waals surface area contributed by atoms with Gasteiger partial charge in [0, 0.05) is 0 Å². The van der Waals surface area contributed by atoms with Gasteiger partial charge in [0.15, 0.2) is 0 Å². The summed E-state index contributed by atoms with van der Waals surface area (Å²) in [7, 11) is 0. The third kappa shape index (κ3) is 5.56. The Morgan fingerprint density at radius 2 is 1.62 bits per heavy atom. The lowest BCUT2D eigenvalue weighted by Gasteiger charge is -2.30. The van der Waals surface area contributed by atoms with Crippen molar-refractivity contribution >= 4 is 11.9 Å². The topological polar surface area (TPSA) is 69.6 Å². The molecule has 1 saturated heterocycles. The van der Waals surface area contributed by atoms with Crippen LogP contribution >= 0.6 is 0 Å². The van der Waals surface area contributed by atoms with Crippen molar-refractivity contribution in [1.82, 2.24) is 10.2 Å². The van der Waals surface area contributed by atoms with E-state index in [0.717, 1.165) is 5.56 Å². The van der Waals surface area contributed by atoms with Gasteiger partial charge in [-0.1, -0.05) is 52.0 Å². The van der Waals surface area contributed by atoms with Gasteiger partial charge in [-0.2, -0.15) is 0 Å². The second-order valence-electron chi connectivity index (χ2n) is 8.00. The van der Waals surface area contributed by atoms with Crippen molar-refractivity contribution in [3.05, 3.63) is 35.4 Å². The lowest BCUT2D eigenvalue weighted by atomic mass is 9.93. The van der Waals surface area contributed by atoms with Gasteiger partial charge in [0.2, 0.25) is 5.91 Å². The van der Waals surface area contributed by atoms with Crippen LogP contribution in [0.3, 0.4) is 0 Å². The summed E-state index contributed by atoms with van der Waals surface area (Å²) in [5.41, 5.74) is 2.42. The Bertz CT molecular complexity index is 602. The molecule has 26 heavy (non-hydrogen) atoms. The minimum absolute atomic E-state index is 0.00501. The number of carboxylic acid groups (broad SMARTS) is 1. The largest absolute Gasteiger partial charge is 0.481 e. The predicted molar refractivity (Wildman–Crippen MR) is 103 cm³/mol. The number of hydrogen-bond acceptors (Lipinski definition) is 3. The van der Waals surface area contributed by atoms with Crippen LogP contribution in [0, 0.1) is 11.8 Å². The Kier molecular flexibility index (Phi) is 7.21. The van der Waals surface area contributed by atoms with Gasteiger partial charge in [-0.25, -0.2) is 0 Å². The zero-order valence-electron chi connectivity index (χ0n) is 16.4. The molecule has 0 radical (unpaired) electrons. The van der Waals surface area contributed by atoms with Crippen LogP contribution in [0.2, 0.25) is 0 Å². The first-order valence-corrected chi connectivity index (χ1v) is 9.62. The number of nitrogens with one attached hydrogen (secondary N) is 1. The van der Waals surface area contributed by atoms with E-state index >= 15 is 0 Å². The highest BCUT2D eigenvalue weighted by atomic mass is 16.4. The molecule has 0 saturated carbocycles. The van der Waals surface area contributed by atoms with Crippen LogP contribution < -0.4 is 5.32 Å². The van der Waals surface area contributed by atoms with E-state index in [9.17, 15) is 9.59 Å². The van der Waals surface area contributed by atoms with Crippen molar-refractivity contribution < 1.29 is 14.7 Å². The number of hydrogen-bond donors (Lipinski definition) is 2. The average Bonchev–Trinajstić information content (AvgIpc) is 2.60. The number of likely N-dealkylation sites (tertiary alicyclic amines) is 1. The van der Waals surface area contributed by atoms with Crippen LogP contribution in [0.1, 0.15) is 63.6 Å². The zero-order chi connectivity index (χ0) is 19.3. The molecule has 2 rings (SSSR count). The molecule has 144 valence electrons. The summed E-state index contributed by atoms with van der Waals surface area (Å²) in [6.07, 6.45) is 1.24. The smallest absolute Gasteiger partial charge is 0.306 e. The molecule has 0 aromatic heterocycles.